The van der Waals surface area contributed by atoms with Crippen molar-refractivity contribution >= 4 is 23.2 Å². The third kappa shape index (κ3) is 2.75. The second kappa shape index (κ2) is 5.03. The smallest absolute Gasteiger partial charge is 0.156 e. The van der Waals surface area contributed by atoms with E-state index >= 15 is 0 Å². The Kier molecular flexibility index (Phi) is 4.22. The number of hydrogen-bond acceptors (Lipinski definition) is 3. The summed E-state index contributed by atoms with van der Waals surface area (Å²) in [6, 6.07) is 3.04. The van der Waals surface area contributed by atoms with Crippen molar-refractivity contribution in [2.75, 3.05) is 7.11 Å². The monoisotopic (exact) mass is 250 g/mol. The van der Waals surface area contributed by atoms with Crippen LogP contribution in [0.15, 0.2) is 12.1 Å². The normalized spacial score (nSPS) is 14.8. The van der Waals surface area contributed by atoms with Gasteiger partial charge in [0.05, 0.1) is 23.3 Å². The van der Waals surface area contributed by atoms with Crippen molar-refractivity contribution in [1.82, 2.24) is 0 Å². The molecule has 0 heterocycles. The maximum atomic E-state index is 9.60. The van der Waals surface area contributed by atoms with Gasteiger partial charge in [-0.05, 0) is 24.6 Å². The predicted molar refractivity (Wildman–Crippen MR) is 59.7 cm³/mol. The van der Waals surface area contributed by atoms with E-state index in [2.05, 4.69) is 0 Å². The number of hydrogen-bond donors (Lipinski definition) is 2. The fourth-order valence-corrected chi connectivity index (χ4v) is 1.88. The van der Waals surface area contributed by atoms with Gasteiger partial charge in [-0.1, -0.05) is 23.2 Å². The van der Waals surface area contributed by atoms with Gasteiger partial charge in [-0.25, -0.2) is 0 Å². The number of halogens is 2. The van der Waals surface area contributed by atoms with Crippen molar-refractivity contribution in [2.24, 2.45) is 0 Å². The van der Waals surface area contributed by atoms with E-state index in [-0.39, 0.29) is 0 Å². The Morgan fingerprint density at radius 3 is 2.00 bits per heavy atom. The summed E-state index contributed by atoms with van der Waals surface area (Å²) >= 11 is 11.8. The number of methoxy groups -OCH3 is 1. The van der Waals surface area contributed by atoms with E-state index in [9.17, 15) is 10.2 Å². The lowest BCUT2D eigenvalue weighted by Crippen LogP contribution is -2.13. The molecule has 15 heavy (non-hydrogen) atoms. The molecule has 2 atom stereocenters. The number of rotatable bonds is 3. The molecular weight excluding hydrogens is 239 g/mol. The first-order valence-corrected chi connectivity index (χ1v) is 5.12. The Morgan fingerprint density at radius 2 is 1.67 bits per heavy atom. The van der Waals surface area contributed by atoms with Gasteiger partial charge in [0.15, 0.2) is 5.75 Å². The van der Waals surface area contributed by atoms with E-state index in [0.29, 0.717) is 21.4 Å². The van der Waals surface area contributed by atoms with Gasteiger partial charge in [0.1, 0.15) is 6.10 Å². The van der Waals surface area contributed by atoms with Crippen molar-refractivity contribution < 1.29 is 14.9 Å². The van der Waals surface area contributed by atoms with E-state index in [1.165, 1.54) is 26.2 Å². The number of aliphatic hydroxyl groups is 2. The molecular formula is C10H12Cl2O3. The molecule has 0 spiro atoms. The molecule has 0 radical (unpaired) electrons. The summed E-state index contributed by atoms with van der Waals surface area (Å²) in [7, 11) is 1.46. The summed E-state index contributed by atoms with van der Waals surface area (Å²) in [6.07, 6.45) is -1.89. The Balaban J connectivity index is 3.14. The van der Waals surface area contributed by atoms with Crippen LogP contribution in [-0.4, -0.2) is 23.4 Å². The first-order valence-electron chi connectivity index (χ1n) is 4.36. The van der Waals surface area contributed by atoms with Gasteiger partial charge in [0.25, 0.3) is 0 Å². The van der Waals surface area contributed by atoms with Crippen LogP contribution in [0.1, 0.15) is 18.6 Å². The van der Waals surface area contributed by atoms with Gasteiger partial charge in [-0.2, -0.15) is 0 Å². The third-order valence-electron chi connectivity index (χ3n) is 2.02. The van der Waals surface area contributed by atoms with Gasteiger partial charge in [-0.15, -0.1) is 0 Å². The lowest BCUT2D eigenvalue weighted by molar-refractivity contribution is 0.0305. The SMILES string of the molecule is COc1c(Cl)cc([C@@H](O)[C@H](C)O)cc1Cl. The highest BCUT2D eigenvalue weighted by atomic mass is 35.5. The first-order chi connectivity index (χ1) is 6.97. The highest BCUT2D eigenvalue weighted by molar-refractivity contribution is 6.37. The predicted octanol–water partition coefficient (Wildman–Crippen LogP) is 2.42. The summed E-state index contributed by atoms with van der Waals surface area (Å²) in [5, 5.41) is 19.4. The zero-order valence-corrected chi connectivity index (χ0v) is 9.88. The van der Waals surface area contributed by atoms with Gasteiger partial charge >= 0.3 is 0 Å². The van der Waals surface area contributed by atoms with Crippen LogP contribution in [0.4, 0.5) is 0 Å². The lowest BCUT2D eigenvalue weighted by atomic mass is 10.1. The summed E-state index contributed by atoms with van der Waals surface area (Å²) in [5.41, 5.74) is 0.459. The first kappa shape index (κ1) is 12.6. The Hall–Kier alpha value is -0.480. The quantitative estimate of drug-likeness (QED) is 0.867. The molecule has 0 aliphatic heterocycles. The molecule has 0 aliphatic carbocycles. The van der Waals surface area contributed by atoms with Crippen molar-refractivity contribution in [1.29, 1.82) is 0 Å². The summed E-state index contributed by atoms with van der Waals surface area (Å²) < 4.78 is 4.96. The molecule has 0 unspecified atom stereocenters. The van der Waals surface area contributed by atoms with Gasteiger partial charge in [0.2, 0.25) is 0 Å². The van der Waals surface area contributed by atoms with E-state index in [4.69, 9.17) is 27.9 Å². The molecule has 5 heteroatoms. The van der Waals surface area contributed by atoms with Gasteiger partial charge in [0, 0.05) is 0 Å². The summed E-state index contributed by atoms with van der Waals surface area (Å²) in [6.45, 7) is 1.48. The maximum absolute atomic E-state index is 9.60. The average molecular weight is 251 g/mol. The van der Waals surface area contributed by atoms with E-state index in [0.717, 1.165) is 0 Å². The molecule has 0 saturated heterocycles. The summed E-state index contributed by atoms with van der Waals surface area (Å²) in [5.74, 6) is 0.361. The largest absolute Gasteiger partial charge is 0.494 e. The number of aliphatic hydroxyl groups excluding tert-OH is 2. The average Bonchev–Trinajstić information content (AvgIpc) is 2.15. The molecule has 0 amide bonds. The molecule has 0 aromatic heterocycles. The number of benzene rings is 1. The molecule has 1 aromatic carbocycles. The van der Waals surface area contributed by atoms with Gasteiger partial charge < -0.3 is 14.9 Å². The Labute approximate surface area is 98.2 Å². The maximum Gasteiger partial charge on any atom is 0.156 e. The van der Waals surface area contributed by atoms with Crippen LogP contribution in [0, 0.1) is 0 Å². The fraction of sp³-hybridized carbons (Fsp3) is 0.400. The third-order valence-corrected chi connectivity index (χ3v) is 2.58. The topological polar surface area (TPSA) is 49.7 Å². The Bertz CT molecular complexity index is 330. The number of ether oxygens (including phenoxy) is 1. The van der Waals surface area contributed by atoms with E-state index < -0.39 is 12.2 Å². The van der Waals surface area contributed by atoms with E-state index in [1.54, 1.807) is 0 Å². The lowest BCUT2D eigenvalue weighted by Gasteiger charge is -2.16. The van der Waals surface area contributed by atoms with Crippen molar-refractivity contribution in [2.45, 2.75) is 19.1 Å². The molecule has 1 rings (SSSR count). The molecule has 2 N–H and O–H groups in total. The minimum Gasteiger partial charge on any atom is -0.494 e. The molecule has 0 bridgehead atoms. The zero-order valence-electron chi connectivity index (χ0n) is 8.37. The molecule has 1 aromatic rings. The van der Waals surface area contributed by atoms with Crippen molar-refractivity contribution in [3.05, 3.63) is 27.7 Å². The van der Waals surface area contributed by atoms with Crippen LogP contribution in [0.2, 0.25) is 10.0 Å². The van der Waals surface area contributed by atoms with Crippen LogP contribution in [-0.2, 0) is 0 Å². The fourth-order valence-electron chi connectivity index (χ4n) is 1.22. The van der Waals surface area contributed by atoms with E-state index in [1.807, 2.05) is 0 Å². The highest BCUT2D eigenvalue weighted by Crippen LogP contribution is 2.35. The van der Waals surface area contributed by atoms with Crippen LogP contribution >= 0.6 is 23.2 Å². The molecule has 0 aliphatic rings. The van der Waals surface area contributed by atoms with Gasteiger partial charge in [-0.3, -0.25) is 0 Å². The molecule has 84 valence electrons. The molecule has 0 fully saturated rings. The molecule has 3 nitrogen and oxygen atoms in total. The second-order valence-electron chi connectivity index (χ2n) is 3.20. The van der Waals surface area contributed by atoms with Crippen LogP contribution < -0.4 is 4.74 Å². The van der Waals surface area contributed by atoms with Crippen LogP contribution in [0.5, 0.6) is 5.75 Å². The van der Waals surface area contributed by atoms with Crippen LogP contribution in [0.25, 0.3) is 0 Å². The summed E-state index contributed by atoms with van der Waals surface area (Å²) in [4.78, 5) is 0. The highest BCUT2D eigenvalue weighted by Gasteiger charge is 2.17. The Morgan fingerprint density at radius 1 is 1.20 bits per heavy atom. The van der Waals surface area contributed by atoms with Crippen molar-refractivity contribution in [3.63, 3.8) is 0 Å². The zero-order chi connectivity index (χ0) is 11.6. The minimum absolute atomic E-state index is 0.305. The second-order valence-corrected chi connectivity index (χ2v) is 4.02. The minimum atomic E-state index is -1.01. The molecule has 0 saturated carbocycles. The van der Waals surface area contributed by atoms with Crippen LogP contribution in [0.3, 0.4) is 0 Å². The standard InChI is InChI=1S/C10H12Cl2O3/c1-5(13)9(14)6-3-7(11)10(15-2)8(12)4-6/h3-5,9,13-14H,1-2H3/t5-,9-/m0/s1. The van der Waals surface area contributed by atoms with Crippen molar-refractivity contribution in [3.8, 4) is 5.75 Å².